The van der Waals surface area contributed by atoms with Crippen LogP contribution in [-0.2, 0) is 91.4 Å². The van der Waals surface area contributed by atoms with Crippen molar-refractivity contribution < 1.29 is 223 Å². The maximum Gasteiger partial charge on any atom is 4.00 e. The van der Waals surface area contributed by atoms with E-state index in [1.165, 1.54) is 0 Å². The molecule has 17 N–H and O–H groups in total. The fraction of sp³-hybridized carbons (Fsp3) is 0.667. The van der Waals surface area contributed by atoms with Crippen LogP contribution in [0.25, 0.3) is 0 Å². The molecule has 0 fully saturated rings. The third-order valence-electron chi connectivity index (χ3n) is 3.40. The van der Waals surface area contributed by atoms with Crippen LogP contribution >= 0.6 is 0 Å². The van der Waals surface area contributed by atoms with Crippen LogP contribution in [0.3, 0.4) is 0 Å². The molecule has 0 heterocycles. The molecular weight excluding hydrogens is 987 g/mol. The van der Waals surface area contributed by atoms with Crippen LogP contribution in [0.15, 0.2) is 0 Å². The van der Waals surface area contributed by atoms with Gasteiger partial charge in [-0.05, 0) is 62.3 Å². The quantitative estimate of drug-likeness (QED) is 0.0905. The molecule has 0 rings (SSSR count). The first-order valence-electron chi connectivity index (χ1n) is 15.3. The van der Waals surface area contributed by atoms with Crippen LogP contribution < -0.4 is 98.0 Å². The molecule has 376 valence electrons. The third kappa shape index (κ3) is 155. The summed E-state index contributed by atoms with van der Waals surface area (Å²) in [6.07, 6.45) is -13.7. The summed E-state index contributed by atoms with van der Waals surface area (Å²) >= 11 is 0. The van der Waals surface area contributed by atoms with Crippen LogP contribution in [0.5, 0.6) is 0 Å². The average Bonchev–Trinajstić information content (AvgIpc) is 3.06. The molecule has 0 spiro atoms. The first-order chi connectivity index (χ1) is 26.4. The van der Waals surface area contributed by atoms with Crippen molar-refractivity contribution in [3.05, 3.63) is 0 Å². The van der Waals surface area contributed by atoms with Gasteiger partial charge in [-0.2, -0.15) is 0 Å². The molecule has 0 aromatic heterocycles. The van der Waals surface area contributed by atoms with Crippen molar-refractivity contribution in [2.24, 2.45) is 0 Å². The van der Waals surface area contributed by atoms with Gasteiger partial charge in [-0.25, -0.2) is 0 Å². The van der Waals surface area contributed by atoms with Gasteiger partial charge in [-0.3, -0.25) is 0 Å². The average molecular weight is 1040 g/mol. The number of carboxylic acids is 10. The maximum atomic E-state index is 9.56. The fourth-order valence-corrected chi connectivity index (χ4v) is 0. The molecule has 35 heteroatoms. The predicted molar refractivity (Wildman–Crippen MR) is 177 cm³/mol. The molecule has 0 saturated heterocycles. The summed E-state index contributed by atoms with van der Waals surface area (Å²) in [5.41, 5.74) is 0. The van der Waals surface area contributed by atoms with Gasteiger partial charge >= 0.3 is 73.0 Å². The molecule has 0 saturated carbocycles. The number of aliphatic hydroxyl groups is 9. The van der Waals surface area contributed by atoms with Crippen LogP contribution in [0.4, 0.5) is 0 Å². The Morgan fingerprint density at radius 3 is 0.292 bits per heavy atom. The molecule has 0 aromatic rings. The van der Waals surface area contributed by atoms with E-state index in [1.807, 2.05) is 0 Å². The van der Waals surface area contributed by atoms with E-state index >= 15 is 0 Å². The summed E-state index contributed by atoms with van der Waals surface area (Å²) in [4.78, 5) is 93.3. The summed E-state index contributed by atoms with van der Waals surface area (Å²) in [5, 5.41) is 175. The monoisotopic (exact) mass is 1040 g/mol. The molecule has 0 aliphatic heterocycles. The summed E-state index contributed by atoms with van der Waals surface area (Å²) in [5.74, 6) is -14.5. The second-order valence-corrected chi connectivity index (χ2v) is 9.92. The van der Waals surface area contributed by atoms with Crippen LogP contribution in [0.2, 0.25) is 0 Å². The summed E-state index contributed by atoms with van der Waals surface area (Å²) in [7, 11) is 0. The van der Waals surface area contributed by atoms with Crippen molar-refractivity contribution in [1.29, 1.82) is 0 Å². The number of aliphatic carboxylic acids is 10. The molecule has 0 aliphatic rings. The van der Waals surface area contributed by atoms with Gasteiger partial charge in [0.15, 0.2) is 0 Å². The molecule has 0 amide bonds. The van der Waals surface area contributed by atoms with Gasteiger partial charge in [0, 0.05) is 5.97 Å². The van der Waals surface area contributed by atoms with Crippen molar-refractivity contribution >= 4 is 59.7 Å². The Bertz CT molecular complexity index is 903. The zero-order valence-corrected chi connectivity index (χ0v) is 42.5. The number of hydrogen-bond acceptors (Lipinski definition) is 30. The Morgan fingerprint density at radius 1 is 0.262 bits per heavy atom. The number of carboxylic acid groups (broad SMARTS) is 10. The van der Waals surface area contributed by atoms with Crippen LogP contribution in [-0.4, -0.2) is 167 Å². The van der Waals surface area contributed by atoms with Crippen LogP contribution in [0.1, 0.15) is 69.2 Å². The smallest absolute Gasteiger partial charge is 0.848 e. The Morgan fingerprint density at radius 2 is 0.292 bits per heavy atom. The van der Waals surface area contributed by atoms with E-state index in [2.05, 4.69) is 0 Å². The van der Waals surface area contributed by atoms with Gasteiger partial charge in [0.05, 0.1) is 109 Å². The van der Waals surface area contributed by atoms with E-state index < -0.39 is 121 Å². The molecule has 10 unspecified atom stereocenters. The zero-order chi connectivity index (χ0) is 51.5. The minimum Gasteiger partial charge on any atom is -0.848 e. The van der Waals surface area contributed by atoms with Gasteiger partial charge in [0.25, 0.3) is 0 Å². The zero-order valence-electron chi connectivity index (χ0n) is 37.4. The standard InChI is InChI=1S/9C3H6O3.C3H5O3.2H3N.Na.2Ti/c10*1-2(4)3(5)6;;;;;/h9*2,4H,1H3,(H,5,6);2H,1H3,(H,5,6);2*1H3;;;/q;;;;;;;;;-1;;;+1;2*+4/p-8. The second kappa shape index (κ2) is 67.2. The molecule has 0 bridgehead atoms. The molecule has 0 aromatic carbocycles. The van der Waals surface area contributed by atoms with Crippen molar-refractivity contribution in [3.63, 3.8) is 0 Å². The van der Waals surface area contributed by atoms with Gasteiger partial charge in [-0.15, -0.1) is 0 Å². The fourth-order valence-electron chi connectivity index (χ4n) is 0. The van der Waals surface area contributed by atoms with E-state index in [1.54, 1.807) is 0 Å². The first-order valence-corrected chi connectivity index (χ1v) is 15.3. The number of hydrogen-bond donors (Lipinski definition) is 11. The molecular formula is C30H57N2NaO30Ti2. The predicted octanol–water partition coefficient (Wildman–Crippen LogP) is -21.7. The summed E-state index contributed by atoms with van der Waals surface area (Å²) in [6, 6.07) is 0. The number of aliphatic hydroxyl groups excluding tert-OH is 9. The van der Waals surface area contributed by atoms with E-state index in [4.69, 9.17) is 46.0 Å². The van der Waals surface area contributed by atoms with E-state index in [-0.39, 0.29) is 85.3 Å². The van der Waals surface area contributed by atoms with Gasteiger partial charge < -0.3 is 162 Å². The normalized spacial score (nSPS) is 12.6. The number of carbonyl (C=O) groups excluding carboxylic acids is 10. The van der Waals surface area contributed by atoms with Crippen molar-refractivity contribution in [3.8, 4) is 0 Å². The van der Waals surface area contributed by atoms with Crippen LogP contribution in [0, 0.1) is 0 Å². The van der Waals surface area contributed by atoms with Crippen molar-refractivity contribution in [1.82, 2.24) is 12.3 Å². The van der Waals surface area contributed by atoms with Crippen molar-refractivity contribution in [2.45, 2.75) is 130 Å². The minimum absolute atomic E-state index is 0. The molecule has 0 aliphatic carbocycles. The Balaban J connectivity index is -0.0000000326. The summed E-state index contributed by atoms with van der Waals surface area (Å²) in [6.45, 7) is 11.2. The Kier molecular flexibility index (Phi) is 108. The van der Waals surface area contributed by atoms with E-state index in [9.17, 15) is 104 Å². The Labute approximate surface area is 423 Å². The SMILES string of the molecule is CC(O)C(=O)[O-].CC(O)C(=O)[O-].CC(O)C(=O)[O-].CC(O)C(=O)[O-].CC(O)C(=O)[O-].CC(O)C(=O)[O-].CC(O)C(=O)[O-].CC(O)C(=O)[O-].CC(O)C(=O)[O-].CC([O-])C(=O)[O-].[NH4+].[NH4+].[Na+].[Ti+4].[Ti+4]. The molecule has 10 atom stereocenters. The van der Waals surface area contributed by atoms with Crippen molar-refractivity contribution in [2.75, 3.05) is 0 Å². The van der Waals surface area contributed by atoms with E-state index in [0.29, 0.717) is 0 Å². The molecule has 65 heavy (non-hydrogen) atoms. The maximum absolute atomic E-state index is 9.56. The minimum atomic E-state index is -1.59. The topological polar surface area (TPSA) is 679 Å². The Hall–Kier alpha value is -3.35. The number of rotatable bonds is 10. The number of carbonyl (C=O) groups is 10. The van der Waals surface area contributed by atoms with Gasteiger partial charge in [0.1, 0.15) is 0 Å². The number of quaternary nitrogens is 2. The molecule has 0 radical (unpaired) electrons. The first kappa shape index (κ1) is 104. The van der Waals surface area contributed by atoms with Gasteiger partial charge in [0.2, 0.25) is 0 Å². The second-order valence-electron chi connectivity index (χ2n) is 9.92. The third-order valence-corrected chi connectivity index (χ3v) is 3.40. The van der Waals surface area contributed by atoms with Gasteiger partial charge in [-0.1, -0.05) is 13.0 Å². The van der Waals surface area contributed by atoms with E-state index in [0.717, 1.165) is 69.2 Å². The summed E-state index contributed by atoms with van der Waals surface area (Å²) < 4.78 is 0. The molecule has 32 nitrogen and oxygen atoms in total. The largest absolute Gasteiger partial charge is 4.00 e.